The Bertz CT molecular complexity index is 805. The number of rotatable bonds is 7. The minimum absolute atomic E-state index is 0.273. The zero-order valence-electron chi connectivity index (χ0n) is 16.1. The summed E-state index contributed by atoms with van der Waals surface area (Å²) in [5.74, 6) is -0.901. The predicted molar refractivity (Wildman–Crippen MR) is 104 cm³/mol. The standard InChI is InChI=1S/C21H24N2O5/c1-14-9-11-18(12-10-14)27-16(3)20(25)28-15(2)19(24)23-21(26)22-13-17-7-5-4-6-8-17/h4-12,15-16H,13H2,1-3H3,(H2,22,23,24,26). The van der Waals surface area contributed by atoms with Gasteiger partial charge in [-0.15, -0.1) is 0 Å². The molecule has 148 valence electrons. The summed E-state index contributed by atoms with van der Waals surface area (Å²) in [6.07, 6.45) is -2.04. The summed E-state index contributed by atoms with van der Waals surface area (Å²) in [6.45, 7) is 5.13. The van der Waals surface area contributed by atoms with E-state index >= 15 is 0 Å². The molecule has 2 atom stereocenters. The molecule has 2 aromatic rings. The second-order valence-electron chi connectivity index (χ2n) is 6.31. The third-order valence-electron chi connectivity index (χ3n) is 3.86. The van der Waals surface area contributed by atoms with E-state index in [0.29, 0.717) is 5.75 Å². The number of aryl methyl sites for hydroxylation is 1. The van der Waals surface area contributed by atoms with Gasteiger partial charge in [-0.25, -0.2) is 9.59 Å². The highest BCUT2D eigenvalue weighted by molar-refractivity contribution is 5.97. The summed E-state index contributed by atoms with van der Waals surface area (Å²) < 4.78 is 10.6. The molecule has 7 nitrogen and oxygen atoms in total. The fourth-order valence-corrected chi connectivity index (χ4v) is 2.23. The van der Waals surface area contributed by atoms with E-state index < -0.39 is 30.1 Å². The number of hydrogen-bond acceptors (Lipinski definition) is 5. The van der Waals surface area contributed by atoms with Gasteiger partial charge in [0.1, 0.15) is 5.75 Å². The van der Waals surface area contributed by atoms with E-state index in [-0.39, 0.29) is 6.54 Å². The van der Waals surface area contributed by atoms with Crippen LogP contribution in [0.2, 0.25) is 0 Å². The van der Waals surface area contributed by atoms with Crippen LogP contribution in [-0.2, 0) is 20.9 Å². The average molecular weight is 384 g/mol. The smallest absolute Gasteiger partial charge is 0.347 e. The summed E-state index contributed by atoms with van der Waals surface area (Å²) >= 11 is 0. The molecular weight excluding hydrogens is 360 g/mol. The van der Waals surface area contributed by atoms with E-state index in [0.717, 1.165) is 11.1 Å². The lowest BCUT2D eigenvalue weighted by atomic mass is 10.2. The van der Waals surface area contributed by atoms with Crippen LogP contribution in [0.1, 0.15) is 25.0 Å². The first kappa shape index (κ1) is 21.0. The minimum Gasteiger partial charge on any atom is -0.479 e. The zero-order chi connectivity index (χ0) is 20.5. The molecule has 0 saturated carbocycles. The highest BCUT2D eigenvalue weighted by Crippen LogP contribution is 2.14. The van der Waals surface area contributed by atoms with E-state index in [1.165, 1.54) is 13.8 Å². The average Bonchev–Trinajstić information content (AvgIpc) is 2.68. The first-order chi connectivity index (χ1) is 13.3. The highest BCUT2D eigenvalue weighted by atomic mass is 16.6. The maximum Gasteiger partial charge on any atom is 0.347 e. The van der Waals surface area contributed by atoms with Crippen molar-refractivity contribution in [1.29, 1.82) is 0 Å². The Morgan fingerprint density at radius 2 is 1.57 bits per heavy atom. The Kier molecular flexibility index (Phi) is 7.56. The molecule has 0 aliphatic carbocycles. The Balaban J connectivity index is 1.76. The third kappa shape index (κ3) is 6.75. The van der Waals surface area contributed by atoms with Crippen LogP contribution in [0.4, 0.5) is 4.79 Å². The number of urea groups is 1. The van der Waals surface area contributed by atoms with Crippen LogP contribution < -0.4 is 15.4 Å². The van der Waals surface area contributed by atoms with Gasteiger partial charge < -0.3 is 14.8 Å². The molecular formula is C21H24N2O5. The number of hydrogen-bond donors (Lipinski definition) is 2. The van der Waals surface area contributed by atoms with Crippen LogP contribution in [0.3, 0.4) is 0 Å². The maximum atomic E-state index is 12.1. The molecule has 0 heterocycles. The van der Waals surface area contributed by atoms with E-state index in [1.54, 1.807) is 12.1 Å². The molecule has 2 aromatic carbocycles. The van der Waals surface area contributed by atoms with Crippen molar-refractivity contribution in [1.82, 2.24) is 10.6 Å². The quantitative estimate of drug-likeness (QED) is 0.716. The summed E-state index contributed by atoms with van der Waals surface area (Å²) in [7, 11) is 0. The topological polar surface area (TPSA) is 93.7 Å². The molecule has 0 aliphatic heterocycles. The fourth-order valence-electron chi connectivity index (χ4n) is 2.23. The van der Waals surface area contributed by atoms with Gasteiger partial charge in [0, 0.05) is 6.54 Å². The predicted octanol–water partition coefficient (Wildman–Crippen LogP) is 2.72. The van der Waals surface area contributed by atoms with Gasteiger partial charge in [-0.3, -0.25) is 10.1 Å². The molecule has 0 spiro atoms. The number of amides is 3. The lowest BCUT2D eigenvalue weighted by molar-refractivity contribution is -0.160. The molecule has 7 heteroatoms. The van der Waals surface area contributed by atoms with E-state index in [4.69, 9.17) is 9.47 Å². The molecule has 0 aromatic heterocycles. The molecule has 2 N–H and O–H groups in total. The van der Waals surface area contributed by atoms with E-state index in [9.17, 15) is 14.4 Å². The van der Waals surface area contributed by atoms with Gasteiger partial charge in [0.25, 0.3) is 5.91 Å². The van der Waals surface area contributed by atoms with Crippen molar-refractivity contribution >= 4 is 17.9 Å². The fraction of sp³-hybridized carbons (Fsp3) is 0.286. The van der Waals surface area contributed by atoms with E-state index in [2.05, 4.69) is 10.6 Å². The number of nitrogens with one attached hydrogen (secondary N) is 2. The van der Waals surface area contributed by atoms with Crippen molar-refractivity contribution in [2.75, 3.05) is 0 Å². The van der Waals surface area contributed by atoms with Crippen molar-refractivity contribution < 1.29 is 23.9 Å². The lowest BCUT2D eigenvalue weighted by Gasteiger charge is -2.17. The molecule has 2 unspecified atom stereocenters. The molecule has 2 rings (SSSR count). The molecule has 0 radical (unpaired) electrons. The number of carbonyl (C=O) groups is 3. The van der Waals surface area contributed by atoms with Gasteiger partial charge in [0.05, 0.1) is 0 Å². The Morgan fingerprint density at radius 1 is 0.929 bits per heavy atom. The van der Waals surface area contributed by atoms with Gasteiger partial charge in [0.2, 0.25) is 0 Å². The van der Waals surface area contributed by atoms with Crippen molar-refractivity contribution in [3.05, 3.63) is 65.7 Å². The third-order valence-corrected chi connectivity index (χ3v) is 3.86. The molecule has 0 saturated heterocycles. The van der Waals surface area contributed by atoms with Crippen molar-refractivity contribution in [2.45, 2.75) is 39.5 Å². The van der Waals surface area contributed by atoms with Crippen molar-refractivity contribution in [2.24, 2.45) is 0 Å². The summed E-state index contributed by atoms with van der Waals surface area (Å²) in [5, 5.41) is 4.71. The van der Waals surface area contributed by atoms with Crippen LogP contribution in [0.15, 0.2) is 54.6 Å². The number of esters is 1. The summed E-state index contributed by atoms with van der Waals surface area (Å²) in [6, 6.07) is 15.8. The molecule has 0 bridgehead atoms. The molecule has 28 heavy (non-hydrogen) atoms. The van der Waals surface area contributed by atoms with Gasteiger partial charge in [-0.1, -0.05) is 48.0 Å². The monoisotopic (exact) mass is 384 g/mol. The number of benzene rings is 2. The Morgan fingerprint density at radius 3 is 2.21 bits per heavy atom. The second-order valence-corrected chi connectivity index (χ2v) is 6.31. The maximum absolute atomic E-state index is 12.1. The molecule has 3 amide bonds. The minimum atomic E-state index is -1.14. The van der Waals surface area contributed by atoms with Crippen molar-refractivity contribution in [3.63, 3.8) is 0 Å². The normalized spacial score (nSPS) is 12.4. The van der Waals surface area contributed by atoms with Gasteiger partial charge in [-0.05, 0) is 38.5 Å². The first-order valence-corrected chi connectivity index (χ1v) is 8.91. The highest BCUT2D eigenvalue weighted by Gasteiger charge is 2.24. The summed E-state index contributed by atoms with van der Waals surface area (Å²) in [4.78, 5) is 35.9. The van der Waals surface area contributed by atoms with Crippen LogP contribution >= 0.6 is 0 Å². The second kappa shape index (κ2) is 10.1. The Labute approximate surface area is 164 Å². The van der Waals surface area contributed by atoms with Gasteiger partial charge in [-0.2, -0.15) is 0 Å². The van der Waals surface area contributed by atoms with Gasteiger partial charge >= 0.3 is 12.0 Å². The van der Waals surface area contributed by atoms with Crippen LogP contribution in [0.25, 0.3) is 0 Å². The van der Waals surface area contributed by atoms with Crippen LogP contribution in [0, 0.1) is 6.92 Å². The van der Waals surface area contributed by atoms with Crippen molar-refractivity contribution in [3.8, 4) is 5.75 Å². The SMILES string of the molecule is Cc1ccc(OC(C)C(=O)OC(C)C(=O)NC(=O)NCc2ccccc2)cc1. The van der Waals surface area contributed by atoms with E-state index in [1.807, 2.05) is 49.4 Å². The van der Waals surface area contributed by atoms with Gasteiger partial charge in [0.15, 0.2) is 12.2 Å². The first-order valence-electron chi connectivity index (χ1n) is 8.91. The van der Waals surface area contributed by atoms with Crippen LogP contribution in [0.5, 0.6) is 5.75 Å². The largest absolute Gasteiger partial charge is 0.479 e. The summed E-state index contributed by atoms with van der Waals surface area (Å²) in [5.41, 5.74) is 1.96. The number of ether oxygens (including phenoxy) is 2. The van der Waals surface area contributed by atoms with Crippen LogP contribution in [-0.4, -0.2) is 30.1 Å². The molecule has 0 aliphatic rings. The zero-order valence-corrected chi connectivity index (χ0v) is 16.1. The molecule has 0 fully saturated rings. The lowest BCUT2D eigenvalue weighted by Crippen LogP contribution is -2.45. The Hall–Kier alpha value is -3.35. The number of carbonyl (C=O) groups excluding carboxylic acids is 3. The number of imide groups is 1.